The Kier molecular flexibility index (Phi) is 2.54. The molecule has 1 aromatic rings. The standard InChI is InChI=1S/C10H7ClN2O2/c11-8-2-6(4-12-5-14)1-7-3-9(15)13-10(7)8/h1-2H,3-4H2,(H,13,15). The van der Waals surface area contributed by atoms with E-state index in [0.717, 1.165) is 11.1 Å². The third-order valence-electron chi connectivity index (χ3n) is 2.17. The van der Waals surface area contributed by atoms with E-state index in [4.69, 9.17) is 11.6 Å². The SMILES string of the molecule is O=C=NCc1cc(Cl)c2c(c1)CC(=O)N2. The maximum atomic E-state index is 11.1. The van der Waals surface area contributed by atoms with Gasteiger partial charge in [0.15, 0.2) is 0 Å². The van der Waals surface area contributed by atoms with Crippen LogP contribution in [0.15, 0.2) is 17.1 Å². The first-order valence-electron chi connectivity index (χ1n) is 4.35. The van der Waals surface area contributed by atoms with Crippen LogP contribution >= 0.6 is 11.6 Å². The fourth-order valence-corrected chi connectivity index (χ4v) is 1.89. The van der Waals surface area contributed by atoms with Crippen molar-refractivity contribution in [3.05, 3.63) is 28.3 Å². The molecule has 0 fully saturated rings. The number of fused-ring (bicyclic) bond motifs is 1. The Hall–Kier alpha value is -1.64. The topological polar surface area (TPSA) is 58.5 Å². The van der Waals surface area contributed by atoms with E-state index in [2.05, 4.69) is 10.3 Å². The highest BCUT2D eigenvalue weighted by Gasteiger charge is 2.20. The molecule has 4 nitrogen and oxygen atoms in total. The number of hydrogen-bond acceptors (Lipinski definition) is 3. The lowest BCUT2D eigenvalue weighted by Gasteiger charge is -2.03. The lowest BCUT2D eigenvalue weighted by molar-refractivity contribution is -0.115. The summed E-state index contributed by atoms with van der Waals surface area (Å²) < 4.78 is 0. The molecule has 0 saturated carbocycles. The molecule has 76 valence electrons. The number of carbonyl (C=O) groups is 1. The maximum absolute atomic E-state index is 11.1. The molecule has 1 aliphatic heterocycles. The van der Waals surface area contributed by atoms with E-state index >= 15 is 0 Å². The van der Waals surface area contributed by atoms with Gasteiger partial charge in [0.1, 0.15) is 0 Å². The zero-order chi connectivity index (χ0) is 10.8. The van der Waals surface area contributed by atoms with Crippen molar-refractivity contribution in [2.45, 2.75) is 13.0 Å². The number of anilines is 1. The Labute approximate surface area is 91.0 Å². The van der Waals surface area contributed by atoms with Gasteiger partial charge in [-0.2, -0.15) is 0 Å². The molecule has 0 saturated heterocycles. The zero-order valence-corrected chi connectivity index (χ0v) is 8.47. The average Bonchev–Trinajstić information content (AvgIpc) is 2.56. The molecule has 0 radical (unpaired) electrons. The van der Waals surface area contributed by atoms with Crippen molar-refractivity contribution in [1.82, 2.24) is 0 Å². The molecule has 1 amide bonds. The van der Waals surface area contributed by atoms with Gasteiger partial charge in [-0.25, -0.2) is 9.79 Å². The van der Waals surface area contributed by atoms with Crippen molar-refractivity contribution < 1.29 is 9.59 Å². The van der Waals surface area contributed by atoms with Gasteiger partial charge in [0.25, 0.3) is 0 Å². The molecule has 0 spiro atoms. The second-order valence-corrected chi connectivity index (χ2v) is 3.65. The van der Waals surface area contributed by atoms with Crippen molar-refractivity contribution >= 4 is 29.3 Å². The van der Waals surface area contributed by atoms with Gasteiger partial charge in [-0.05, 0) is 17.2 Å². The van der Waals surface area contributed by atoms with Crippen LogP contribution in [0.1, 0.15) is 11.1 Å². The van der Waals surface area contributed by atoms with Crippen LogP contribution in [0.2, 0.25) is 5.02 Å². The normalized spacial score (nSPS) is 13.0. The first-order chi connectivity index (χ1) is 7.20. The first-order valence-corrected chi connectivity index (χ1v) is 4.73. The predicted molar refractivity (Wildman–Crippen MR) is 55.6 cm³/mol. The van der Waals surface area contributed by atoms with Crippen LogP contribution in [0.4, 0.5) is 5.69 Å². The fourth-order valence-electron chi connectivity index (χ4n) is 1.58. The Morgan fingerprint density at radius 2 is 2.33 bits per heavy atom. The molecule has 0 atom stereocenters. The minimum atomic E-state index is -0.0667. The molecule has 0 unspecified atom stereocenters. The minimum Gasteiger partial charge on any atom is -0.324 e. The van der Waals surface area contributed by atoms with Gasteiger partial charge in [0, 0.05) is 0 Å². The Balaban J connectivity index is 2.39. The molecule has 0 bridgehead atoms. The monoisotopic (exact) mass is 222 g/mol. The van der Waals surface area contributed by atoms with Crippen LogP contribution in [0, 0.1) is 0 Å². The van der Waals surface area contributed by atoms with Crippen molar-refractivity contribution in [3.8, 4) is 0 Å². The van der Waals surface area contributed by atoms with E-state index in [-0.39, 0.29) is 12.5 Å². The molecule has 0 aliphatic carbocycles. The number of benzene rings is 1. The van der Waals surface area contributed by atoms with Gasteiger partial charge in [-0.15, -0.1) is 0 Å². The molecule has 1 aliphatic rings. The number of nitrogens with one attached hydrogen (secondary N) is 1. The Bertz CT molecular complexity index is 479. The van der Waals surface area contributed by atoms with Crippen LogP contribution in [0.25, 0.3) is 0 Å². The largest absolute Gasteiger partial charge is 0.324 e. The number of aliphatic imine (C=N–C) groups is 1. The molecule has 0 aromatic heterocycles. The third-order valence-corrected chi connectivity index (χ3v) is 2.47. The van der Waals surface area contributed by atoms with Crippen LogP contribution in [0.3, 0.4) is 0 Å². The van der Waals surface area contributed by atoms with Gasteiger partial charge in [-0.1, -0.05) is 17.7 Å². The number of isocyanates is 1. The number of halogens is 1. The third kappa shape index (κ3) is 1.91. The molecular formula is C10H7ClN2O2. The minimum absolute atomic E-state index is 0.0667. The quantitative estimate of drug-likeness (QED) is 0.611. The van der Waals surface area contributed by atoms with E-state index < -0.39 is 0 Å². The number of rotatable bonds is 2. The van der Waals surface area contributed by atoms with Crippen LogP contribution in [-0.4, -0.2) is 12.0 Å². The lowest BCUT2D eigenvalue weighted by atomic mass is 10.1. The van der Waals surface area contributed by atoms with E-state index in [0.29, 0.717) is 17.1 Å². The van der Waals surface area contributed by atoms with Gasteiger partial charge in [0.2, 0.25) is 12.0 Å². The molecular weight excluding hydrogens is 216 g/mol. The number of amides is 1. The summed E-state index contributed by atoms with van der Waals surface area (Å²) in [7, 11) is 0. The number of nitrogens with zero attached hydrogens (tertiary/aromatic N) is 1. The molecule has 15 heavy (non-hydrogen) atoms. The van der Waals surface area contributed by atoms with Crippen molar-refractivity contribution in [2.75, 3.05) is 5.32 Å². The summed E-state index contributed by atoms with van der Waals surface area (Å²) >= 11 is 5.96. The van der Waals surface area contributed by atoms with Crippen LogP contribution in [-0.2, 0) is 22.6 Å². The number of hydrogen-bond donors (Lipinski definition) is 1. The fraction of sp³-hybridized carbons (Fsp3) is 0.200. The van der Waals surface area contributed by atoms with Crippen molar-refractivity contribution in [3.63, 3.8) is 0 Å². The summed E-state index contributed by atoms with van der Waals surface area (Å²) in [5.74, 6) is -0.0667. The van der Waals surface area contributed by atoms with Gasteiger partial charge >= 0.3 is 0 Å². The molecule has 1 N–H and O–H groups in total. The van der Waals surface area contributed by atoms with Crippen LogP contribution < -0.4 is 5.32 Å². The van der Waals surface area contributed by atoms with E-state index in [1.54, 1.807) is 6.07 Å². The van der Waals surface area contributed by atoms with Crippen molar-refractivity contribution in [1.29, 1.82) is 0 Å². The highest BCUT2D eigenvalue weighted by molar-refractivity contribution is 6.34. The zero-order valence-electron chi connectivity index (χ0n) is 7.71. The van der Waals surface area contributed by atoms with Crippen molar-refractivity contribution in [2.24, 2.45) is 4.99 Å². The highest BCUT2D eigenvalue weighted by atomic mass is 35.5. The maximum Gasteiger partial charge on any atom is 0.235 e. The molecule has 2 rings (SSSR count). The summed E-state index contributed by atoms with van der Waals surface area (Å²) in [6.07, 6.45) is 1.79. The molecule has 1 heterocycles. The highest BCUT2D eigenvalue weighted by Crippen LogP contribution is 2.32. The molecule has 1 aromatic carbocycles. The summed E-state index contributed by atoms with van der Waals surface area (Å²) in [5.41, 5.74) is 2.32. The van der Waals surface area contributed by atoms with Gasteiger partial charge < -0.3 is 5.32 Å². The van der Waals surface area contributed by atoms with E-state index in [9.17, 15) is 9.59 Å². The summed E-state index contributed by atoms with van der Waals surface area (Å²) in [5, 5.41) is 3.15. The lowest BCUT2D eigenvalue weighted by Crippen LogP contribution is -2.03. The average molecular weight is 223 g/mol. The summed E-state index contributed by atoms with van der Waals surface area (Å²) in [4.78, 5) is 24.5. The predicted octanol–water partition coefficient (Wildman–Crippen LogP) is 1.67. The van der Waals surface area contributed by atoms with E-state index in [1.807, 2.05) is 6.07 Å². The smallest absolute Gasteiger partial charge is 0.235 e. The summed E-state index contributed by atoms with van der Waals surface area (Å²) in [6, 6.07) is 3.51. The Morgan fingerprint density at radius 3 is 3.07 bits per heavy atom. The van der Waals surface area contributed by atoms with Crippen LogP contribution in [0.5, 0.6) is 0 Å². The van der Waals surface area contributed by atoms with Gasteiger partial charge in [-0.3, -0.25) is 4.79 Å². The summed E-state index contributed by atoms with van der Waals surface area (Å²) in [6.45, 7) is 0.241. The molecule has 5 heteroatoms. The second-order valence-electron chi connectivity index (χ2n) is 3.24. The second kappa shape index (κ2) is 3.85. The first kappa shape index (κ1) is 9.90. The van der Waals surface area contributed by atoms with Gasteiger partial charge in [0.05, 0.1) is 23.7 Å². The van der Waals surface area contributed by atoms with E-state index in [1.165, 1.54) is 6.08 Å². The Morgan fingerprint density at radius 1 is 1.53 bits per heavy atom. The number of carbonyl (C=O) groups excluding carboxylic acids is 2.